The van der Waals surface area contributed by atoms with Gasteiger partial charge in [0.1, 0.15) is 11.5 Å². The molecule has 3 rings (SSSR count). The molecule has 0 spiro atoms. The van der Waals surface area contributed by atoms with Crippen molar-refractivity contribution in [2.45, 2.75) is 26.1 Å². The molecule has 2 N–H and O–H groups in total. The molecule has 0 aliphatic rings. The van der Waals surface area contributed by atoms with Crippen molar-refractivity contribution in [1.29, 1.82) is 0 Å². The van der Waals surface area contributed by atoms with Gasteiger partial charge in [-0.25, -0.2) is 0 Å². The Bertz CT molecular complexity index is 1020. The minimum Gasteiger partial charge on any atom is -0.481 e. The van der Waals surface area contributed by atoms with Gasteiger partial charge in [-0.05, 0) is 48.9 Å². The van der Waals surface area contributed by atoms with Gasteiger partial charge in [0, 0.05) is 0 Å². The number of hydrogen-bond acceptors (Lipinski definition) is 4. The average molecular weight is 413 g/mol. The number of ether oxygens (including phenoxy) is 2. The Morgan fingerprint density at radius 2 is 1.38 bits per heavy atom. The van der Waals surface area contributed by atoms with Crippen molar-refractivity contribution in [1.82, 2.24) is 10.9 Å². The molecule has 0 saturated carbocycles. The Hall–Kier alpha value is -3.25. The minimum absolute atomic E-state index is 0.385. The van der Waals surface area contributed by atoms with E-state index in [1.165, 1.54) is 0 Å². The van der Waals surface area contributed by atoms with E-state index in [9.17, 15) is 9.59 Å². The number of carbonyl (C=O) groups excluding carboxylic acids is 2. The number of rotatable bonds is 6. The van der Waals surface area contributed by atoms with Gasteiger partial charge in [-0.3, -0.25) is 20.4 Å². The molecule has 29 heavy (non-hydrogen) atoms. The normalized spacial score (nSPS) is 12.7. The van der Waals surface area contributed by atoms with E-state index in [4.69, 9.17) is 21.1 Å². The molecule has 2 atom stereocenters. The largest absolute Gasteiger partial charge is 0.481 e. The third-order valence-corrected chi connectivity index (χ3v) is 4.53. The number of halogens is 1. The van der Waals surface area contributed by atoms with Crippen LogP contribution < -0.4 is 20.3 Å². The number of fused-ring (bicyclic) bond motifs is 1. The molecule has 0 radical (unpaired) electrons. The second kappa shape index (κ2) is 9.30. The smallest absolute Gasteiger partial charge is 0.279 e. The molecule has 3 aromatic rings. The highest BCUT2D eigenvalue weighted by Gasteiger charge is 2.19. The number of nitrogens with one attached hydrogen (secondary N) is 2. The molecule has 0 unspecified atom stereocenters. The van der Waals surface area contributed by atoms with Crippen LogP contribution in [-0.4, -0.2) is 24.0 Å². The summed E-state index contributed by atoms with van der Waals surface area (Å²) in [5.74, 6) is -0.0585. The Labute approximate surface area is 173 Å². The van der Waals surface area contributed by atoms with Crippen LogP contribution in [-0.2, 0) is 9.59 Å². The summed E-state index contributed by atoms with van der Waals surface area (Å²) in [6.45, 7) is 3.15. The first kappa shape index (κ1) is 20.5. The van der Waals surface area contributed by atoms with Crippen molar-refractivity contribution in [3.05, 3.63) is 71.8 Å². The van der Waals surface area contributed by atoms with Gasteiger partial charge in [-0.1, -0.05) is 54.1 Å². The molecular weight excluding hydrogens is 392 g/mol. The predicted octanol–water partition coefficient (Wildman–Crippen LogP) is 3.88. The third-order valence-electron chi connectivity index (χ3n) is 4.22. The first-order valence-electron chi connectivity index (χ1n) is 9.10. The fraction of sp³-hybridized carbons (Fsp3) is 0.182. The molecule has 0 saturated heterocycles. The second-order valence-corrected chi connectivity index (χ2v) is 6.85. The lowest BCUT2D eigenvalue weighted by Gasteiger charge is -2.18. The first-order valence-corrected chi connectivity index (χ1v) is 9.48. The van der Waals surface area contributed by atoms with Gasteiger partial charge in [0.05, 0.1) is 5.02 Å². The van der Waals surface area contributed by atoms with E-state index in [1.807, 2.05) is 36.4 Å². The van der Waals surface area contributed by atoms with Crippen LogP contribution >= 0.6 is 11.6 Å². The second-order valence-electron chi connectivity index (χ2n) is 6.44. The Morgan fingerprint density at radius 3 is 2.07 bits per heavy atom. The van der Waals surface area contributed by atoms with Crippen molar-refractivity contribution in [2.24, 2.45) is 0 Å². The van der Waals surface area contributed by atoms with E-state index in [0.717, 1.165) is 10.8 Å². The Balaban J connectivity index is 1.51. The van der Waals surface area contributed by atoms with Crippen LogP contribution in [0, 0.1) is 0 Å². The maximum absolute atomic E-state index is 12.2. The topological polar surface area (TPSA) is 76.7 Å². The summed E-state index contributed by atoms with van der Waals surface area (Å²) in [6, 6.07) is 20.3. The quantitative estimate of drug-likeness (QED) is 0.602. The molecule has 0 fully saturated rings. The highest BCUT2D eigenvalue weighted by molar-refractivity contribution is 6.32. The van der Waals surface area contributed by atoms with E-state index >= 15 is 0 Å². The van der Waals surface area contributed by atoms with Crippen LogP contribution in [0.15, 0.2) is 66.7 Å². The molecule has 0 heterocycles. The van der Waals surface area contributed by atoms with Crippen LogP contribution in [0.4, 0.5) is 0 Å². The monoisotopic (exact) mass is 412 g/mol. The summed E-state index contributed by atoms with van der Waals surface area (Å²) in [5.41, 5.74) is 4.68. The van der Waals surface area contributed by atoms with Gasteiger partial charge in [0.2, 0.25) is 0 Å². The lowest BCUT2D eigenvalue weighted by Crippen LogP contribution is -2.50. The highest BCUT2D eigenvalue weighted by Crippen LogP contribution is 2.24. The lowest BCUT2D eigenvalue weighted by atomic mass is 10.1. The molecule has 0 aromatic heterocycles. The number of para-hydroxylation sites is 1. The molecule has 0 aliphatic heterocycles. The summed E-state index contributed by atoms with van der Waals surface area (Å²) in [6.07, 6.45) is -1.66. The maximum Gasteiger partial charge on any atom is 0.279 e. The first-order chi connectivity index (χ1) is 13.9. The zero-order valence-corrected chi connectivity index (χ0v) is 16.8. The molecule has 0 bridgehead atoms. The SMILES string of the molecule is C[C@@H](Oc1ccc2ccccc2c1)C(=O)NNC(=O)[C@@H](C)Oc1ccccc1Cl. The van der Waals surface area contributed by atoms with E-state index in [0.29, 0.717) is 16.5 Å². The van der Waals surface area contributed by atoms with Crippen LogP contribution in [0.25, 0.3) is 10.8 Å². The number of carbonyl (C=O) groups is 2. The number of hydrazine groups is 1. The molecule has 2 amide bonds. The lowest BCUT2D eigenvalue weighted by molar-refractivity contribution is -0.135. The molecule has 3 aromatic carbocycles. The van der Waals surface area contributed by atoms with Crippen LogP contribution in [0.5, 0.6) is 11.5 Å². The zero-order valence-electron chi connectivity index (χ0n) is 16.0. The summed E-state index contributed by atoms with van der Waals surface area (Å²) in [4.78, 5) is 24.4. The number of benzene rings is 3. The van der Waals surface area contributed by atoms with E-state index in [2.05, 4.69) is 10.9 Å². The predicted molar refractivity (Wildman–Crippen MR) is 112 cm³/mol. The van der Waals surface area contributed by atoms with Gasteiger partial charge >= 0.3 is 0 Å². The maximum atomic E-state index is 12.2. The fourth-order valence-electron chi connectivity index (χ4n) is 2.61. The van der Waals surface area contributed by atoms with Crippen molar-refractivity contribution >= 4 is 34.2 Å². The molecule has 6 nitrogen and oxygen atoms in total. The van der Waals surface area contributed by atoms with Crippen LogP contribution in [0.2, 0.25) is 5.02 Å². The number of hydrogen-bond donors (Lipinski definition) is 2. The summed E-state index contributed by atoms with van der Waals surface area (Å²) >= 11 is 6.01. The Kier molecular flexibility index (Phi) is 6.57. The summed E-state index contributed by atoms with van der Waals surface area (Å²) < 4.78 is 11.2. The third kappa shape index (κ3) is 5.39. The fourth-order valence-corrected chi connectivity index (χ4v) is 2.79. The van der Waals surface area contributed by atoms with E-state index in [-0.39, 0.29) is 0 Å². The number of amides is 2. The standard InChI is InChI=1S/C22H21ClN2O4/c1-14(28-18-12-11-16-7-3-4-8-17(16)13-18)21(26)24-25-22(27)15(2)29-20-10-6-5-9-19(20)23/h3-15H,1-2H3,(H,24,26)(H,25,27)/t14-,15-/m1/s1. The van der Waals surface area contributed by atoms with Gasteiger partial charge in [-0.2, -0.15) is 0 Å². The van der Waals surface area contributed by atoms with Gasteiger partial charge in [0.25, 0.3) is 11.8 Å². The van der Waals surface area contributed by atoms with Gasteiger partial charge in [0.15, 0.2) is 12.2 Å². The Morgan fingerprint density at radius 1 is 0.793 bits per heavy atom. The molecular formula is C22H21ClN2O4. The van der Waals surface area contributed by atoms with E-state index in [1.54, 1.807) is 44.2 Å². The zero-order chi connectivity index (χ0) is 20.8. The van der Waals surface area contributed by atoms with Crippen molar-refractivity contribution < 1.29 is 19.1 Å². The molecule has 150 valence electrons. The molecule has 7 heteroatoms. The van der Waals surface area contributed by atoms with Crippen molar-refractivity contribution in [3.8, 4) is 11.5 Å². The van der Waals surface area contributed by atoms with Crippen molar-refractivity contribution in [3.63, 3.8) is 0 Å². The van der Waals surface area contributed by atoms with Crippen LogP contribution in [0.1, 0.15) is 13.8 Å². The molecule has 0 aliphatic carbocycles. The van der Waals surface area contributed by atoms with Gasteiger partial charge in [-0.15, -0.1) is 0 Å². The summed E-state index contributed by atoms with van der Waals surface area (Å²) in [5, 5.41) is 2.49. The van der Waals surface area contributed by atoms with Gasteiger partial charge < -0.3 is 9.47 Å². The van der Waals surface area contributed by atoms with Crippen LogP contribution in [0.3, 0.4) is 0 Å². The summed E-state index contributed by atoms with van der Waals surface area (Å²) in [7, 11) is 0. The highest BCUT2D eigenvalue weighted by atomic mass is 35.5. The average Bonchev–Trinajstić information content (AvgIpc) is 2.73. The van der Waals surface area contributed by atoms with Crippen molar-refractivity contribution in [2.75, 3.05) is 0 Å². The van der Waals surface area contributed by atoms with E-state index < -0.39 is 24.0 Å². The minimum atomic E-state index is -0.855.